The molecule has 1 saturated heterocycles. The van der Waals surface area contributed by atoms with Crippen LogP contribution in [-0.2, 0) is 13.0 Å². The first-order chi connectivity index (χ1) is 15.2. The van der Waals surface area contributed by atoms with Gasteiger partial charge in [0.15, 0.2) is 0 Å². The van der Waals surface area contributed by atoms with Crippen LogP contribution in [0.1, 0.15) is 17.7 Å². The molecule has 0 spiro atoms. The first kappa shape index (κ1) is 19.7. The van der Waals surface area contributed by atoms with Crippen molar-refractivity contribution in [2.45, 2.75) is 25.4 Å². The van der Waals surface area contributed by atoms with E-state index in [1.165, 1.54) is 12.1 Å². The van der Waals surface area contributed by atoms with E-state index in [1.54, 1.807) is 0 Å². The number of hydrogen-bond acceptors (Lipinski definition) is 4. The summed E-state index contributed by atoms with van der Waals surface area (Å²) < 4.78 is 15.5. The normalized spacial score (nSPS) is 16.7. The van der Waals surface area contributed by atoms with Gasteiger partial charge in [-0.15, -0.1) is 0 Å². The summed E-state index contributed by atoms with van der Waals surface area (Å²) in [6.07, 6.45) is 3.91. The number of fused-ring (bicyclic) bond motifs is 1. The molecule has 1 aliphatic rings. The van der Waals surface area contributed by atoms with Gasteiger partial charge >= 0.3 is 0 Å². The molecule has 5 nitrogen and oxygen atoms in total. The second kappa shape index (κ2) is 8.86. The van der Waals surface area contributed by atoms with Crippen LogP contribution in [0.5, 0.6) is 0 Å². The van der Waals surface area contributed by atoms with E-state index < -0.39 is 0 Å². The number of likely N-dealkylation sites (tertiary alicyclic amines) is 1. The van der Waals surface area contributed by atoms with Gasteiger partial charge in [-0.3, -0.25) is 4.98 Å². The maximum Gasteiger partial charge on any atom is 0.204 e. The molecule has 2 aromatic heterocycles. The number of benzene rings is 2. The number of rotatable bonds is 7. The fraction of sp³-hybridized carbons (Fsp3) is 0.280. The molecular weight excluding hydrogens is 389 g/mol. The molecule has 1 atom stereocenters. The first-order valence-corrected chi connectivity index (χ1v) is 10.8. The lowest BCUT2D eigenvalue weighted by molar-refractivity contribution is 0.339. The zero-order valence-corrected chi connectivity index (χ0v) is 17.4. The standard InChI is InChI=1S/C25H26FN5/c26-20-10-8-19(9-11-20)17-31-24-7-2-1-6-23(24)29-25(31)28-22-13-16-30(18-22)15-12-21-5-3-4-14-27-21/h1-11,14,22H,12-13,15-18H2,(H,28,29). The summed E-state index contributed by atoms with van der Waals surface area (Å²) in [6.45, 7) is 3.73. The molecule has 0 radical (unpaired) electrons. The van der Waals surface area contributed by atoms with Crippen LogP contribution in [0.3, 0.4) is 0 Å². The van der Waals surface area contributed by atoms with Gasteiger partial charge in [-0.05, 0) is 48.4 Å². The van der Waals surface area contributed by atoms with E-state index >= 15 is 0 Å². The van der Waals surface area contributed by atoms with Crippen LogP contribution >= 0.6 is 0 Å². The maximum atomic E-state index is 13.3. The highest BCUT2D eigenvalue weighted by atomic mass is 19.1. The van der Waals surface area contributed by atoms with Crippen molar-refractivity contribution in [3.05, 3.63) is 90.0 Å². The molecule has 1 N–H and O–H groups in total. The number of imidazole rings is 1. The second-order valence-corrected chi connectivity index (χ2v) is 8.14. The number of aromatic nitrogens is 3. The van der Waals surface area contributed by atoms with Gasteiger partial charge in [-0.1, -0.05) is 30.3 Å². The minimum Gasteiger partial charge on any atom is -0.352 e. The van der Waals surface area contributed by atoms with Gasteiger partial charge in [0.1, 0.15) is 5.82 Å². The summed E-state index contributed by atoms with van der Waals surface area (Å²) in [7, 11) is 0. The smallest absolute Gasteiger partial charge is 0.204 e. The molecule has 5 rings (SSSR count). The number of nitrogens with zero attached hydrogens (tertiary/aromatic N) is 4. The predicted molar refractivity (Wildman–Crippen MR) is 122 cm³/mol. The quantitative estimate of drug-likeness (QED) is 0.488. The average molecular weight is 416 g/mol. The highest BCUT2D eigenvalue weighted by molar-refractivity contribution is 5.78. The summed E-state index contributed by atoms with van der Waals surface area (Å²) in [5.74, 6) is 0.663. The van der Waals surface area contributed by atoms with Crippen LogP contribution in [0.25, 0.3) is 11.0 Å². The van der Waals surface area contributed by atoms with E-state index in [1.807, 2.05) is 48.7 Å². The van der Waals surface area contributed by atoms with Gasteiger partial charge < -0.3 is 14.8 Å². The Balaban J connectivity index is 1.29. The molecule has 6 heteroatoms. The number of anilines is 1. The monoisotopic (exact) mass is 415 g/mol. The predicted octanol–water partition coefficient (Wildman–Crippen LogP) is 4.35. The lowest BCUT2D eigenvalue weighted by Gasteiger charge is -2.18. The van der Waals surface area contributed by atoms with Crippen molar-refractivity contribution in [2.75, 3.05) is 25.0 Å². The Kier molecular flexibility index (Phi) is 5.63. The van der Waals surface area contributed by atoms with Crippen LogP contribution in [0.15, 0.2) is 72.9 Å². The number of nitrogens with one attached hydrogen (secondary N) is 1. The number of pyridine rings is 1. The Bertz CT molecular complexity index is 1140. The second-order valence-electron chi connectivity index (χ2n) is 8.14. The molecule has 31 heavy (non-hydrogen) atoms. The SMILES string of the molecule is Fc1ccc(Cn2c(NC3CCN(CCc4ccccn4)C3)nc3ccccc32)cc1. The van der Waals surface area contributed by atoms with Crippen LogP contribution in [0.4, 0.5) is 10.3 Å². The molecule has 0 aliphatic carbocycles. The number of para-hydroxylation sites is 2. The van der Waals surface area contributed by atoms with Crippen LogP contribution in [0.2, 0.25) is 0 Å². The van der Waals surface area contributed by atoms with Gasteiger partial charge in [0.2, 0.25) is 5.95 Å². The molecule has 1 unspecified atom stereocenters. The van der Waals surface area contributed by atoms with Gasteiger partial charge in [-0.2, -0.15) is 0 Å². The molecule has 4 aromatic rings. The largest absolute Gasteiger partial charge is 0.352 e. The third-order valence-electron chi connectivity index (χ3n) is 5.92. The fourth-order valence-corrected chi connectivity index (χ4v) is 4.27. The summed E-state index contributed by atoms with van der Waals surface area (Å²) in [6, 6.07) is 21.3. The minimum absolute atomic E-state index is 0.214. The highest BCUT2D eigenvalue weighted by Gasteiger charge is 2.24. The Morgan fingerprint density at radius 2 is 1.84 bits per heavy atom. The molecule has 0 bridgehead atoms. The van der Waals surface area contributed by atoms with Gasteiger partial charge in [0.05, 0.1) is 17.6 Å². The Labute approximate surface area is 181 Å². The van der Waals surface area contributed by atoms with E-state index in [9.17, 15) is 4.39 Å². The maximum absolute atomic E-state index is 13.3. The van der Waals surface area contributed by atoms with E-state index in [4.69, 9.17) is 4.98 Å². The van der Waals surface area contributed by atoms with Crippen molar-refractivity contribution in [3.63, 3.8) is 0 Å². The Morgan fingerprint density at radius 3 is 2.68 bits per heavy atom. The zero-order chi connectivity index (χ0) is 21.0. The molecule has 3 heterocycles. The van der Waals surface area contributed by atoms with Gasteiger partial charge in [-0.25, -0.2) is 9.37 Å². The summed E-state index contributed by atoms with van der Waals surface area (Å²) >= 11 is 0. The lowest BCUT2D eigenvalue weighted by Crippen LogP contribution is -2.29. The highest BCUT2D eigenvalue weighted by Crippen LogP contribution is 2.23. The molecule has 1 aliphatic heterocycles. The van der Waals surface area contributed by atoms with Crippen molar-refractivity contribution in [2.24, 2.45) is 0 Å². The van der Waals surface area contributed by atoms with Gasteiger partial charge in [0, 0.05) is 44.0 Å². The van der Waals surface area contributed by atoms with E-state index in [-0.39, 0.29) is 5.82 Å². The Morgan fingerprint density at radius 1 is 1.00 bits per heavy atom. The number of hydrogen-bond donors (Lipinski definition) is 1. The average Bonchev–Trinajstić information content (AvgIpc) is 3.39. The third-order valence-corrected chi connectivity index (χ3v) is 5.92. The molecule has 158 valence electrons. The van der Waals surface area contributed by atoms with E-state index in [0.29, 0.717) is 12.6 Å². The molecule has 2 aromatic carbocycles. The summed E-state index contributed by atoms with van der Waals surface area (Å²) in [4.78, 5) is 11.8. The fourth-order valence-electron chi connectivity index (χ4n) is 4.27. The Hall–Kier alpha value is -3.25. The van der Waals surface area contributed by atoms with Gasteiger partial charge in [0.25, 0.3) is 0 Å². The van der Waals surface area contributed by atoms with Crippen molar-refractivity contribution in [1.29, 1.82) is 0 Å². The summed E-state index contributed by atoms with van der Waals surface area (Å²) in [5, 5.41) is 3.68. The first-order valence-electron chi connectivity index (χ1n) is 10.8. The van der Waals surface area contributed by atoms with Crippen LogP contribution in [0, 0.1) is 5.82 Å². The van der Waals surface area contributed by atoms with Crippen molar-refractivity contribution in [1.82, 2.24) is 19.4 Å². The van der Waals surface area contributed by atoms with Crippen LogP contribution in [-0.4, -0.2) is 45.1 Å². The van der Waals surface area contributed by atoms with Crippen molar-refractivity contribution < 1.29 is 4.39 Å². The summed E-state index contributed by atoms with van der Waals surface area (Å²) in [5.41, 5.74) is 4.24. The minimum atomic E-state index is -0.214. The lowest BCUT2D eigenvalue weighted by atomic mass is 10.2. The van der Waals surface area contributed by atoms with Crippen LogP contribution < -0.4 is 5.32 Å². The van der Waals surface area contributed by atoms with Crippen molar-refractivity contribution in [3.8, 4) is 0 Å². The third kappa shape index (κ3) is 4.59. The number of halogens is 1. The molecular formula is C25H26FN5. The molecule has 0 amide bonds. The molecule has 0 saturated carbocycles. The van der Waals surface area contributed by atoms with Crippen molar-refractivity contribution >= 4 is 17.0 Å². The zero-order valence-electron chi connectivity index (χ0n) is 17.4. The topological polar surface area (TPSA) is 46.0 Å². The molecule has 1 fully saturated rings. The van der Waals surface area contributed by atoms with E-state index in [0.717, 1.165) is 60.7 Å². The van der Waals surface area contributed by atoms with E-state index in [2.05, 4.69) is 31.9 Å².